The number of ether oxygens (including phenoxy) is 1. The molecule has 1 N–H and O–H groups in total. The Morgan fingerprint density at radius 2 is 2.32 bits per heavy atom. The Balaban J connectivity index is 2.16. The highest BCUT2D eigenvalue weighted by atomic mass is 79.9. The van der Waals surface area contributed by atoms with Gasteiger partial charge in [-0.1, -0.05) is 5.16 Å². The number of hydrogen-bond acceptors (Lipinski definition) is 5. The molecule has 0 aliphatic rings. The summed E-state index contributed by atoms with van der Waals surface area (Å²) in [6.07, 6.45) is -0.491. The fraction of sp³-hybridized carbons (Fsp3) is 0.333. The third-order valence-electron chi connectivity index (χ3n) is 2.41. The van der Waals surface area contributed by atoms with Crippen LogP contribution in [-0.4, -0.2) is 35.1 Å². The second-order valence-corrected chi connectivity index (χ2v) is 4.80. The molecule has 1 heterocycles. The number of aromatic nitrogens is 2. The summed E-state index contributed by atoms with van der Waals surface area (Å²) in [6, 6.07) is 4.20. The van der Waals surface area contributed by atoms with Crippen molar-refractivity contribution in [3.63, 3.8) is 0 Å². The largest absolute Gasteiger partial charge is 0.390 e. The molecule has 7 heteroatoms. The number of halogens is 2. The van der Waals surface area contributed by atoms with Gasteiger partial charge in [0.05, 0.1) is 19.1 Å². The van der Waals surface area contributed by atoms with Crippen molar-refractivity contribution in [2.24, 2.45) is 0 Å². The number of aliphatic hydroxyl groups is 1. The summed E-state index contributed by atoms with van der Waals surface area (Å²) in [7, 11) is 1.50. The zero-order chi connectivity index (χ0) is 13.8. The van der Waals surface area contributed by atoms with Crippen LogP contribution in [-0.2, 0) is 11.2 Å². The lowest BCUT2D eigenvalue weighted by Crippen LogP contribution is -2.17. The van der Waals surface area contributed by atoms with Crippen LogP contribution in [0.2, 0.25) is 0 Å². The maximum Gasteiger partial charge on any atom is 0.229 e. The number of methoxy groups -OCH3 is 1. The molecule has 2 aromatic rings. The highest BCUT2D eigenvalue weighted by molar-refractivity contribution is 9.10. The maximum absolute atomic E-state index is 13.0. The van der Waals surface area contributed by atoms with E-state index in [2.05, 4.69) is 26.1 Å². The van der Waals surface area contributed by atoms with Crippen molar-refractivity contribution in [2.75, 3.05) is 13.7 Å². The van der Waals surface area contributed by atoms with E-state index in [4.69, 9.17) is 9.26 Å². The summed E-state index contributed by atoms with van der Waals surface area (Å²) in [4.78, 5) is 4.15. The van der Waals surface area contributed by atoms with Gasteiger partial charge in [-0.25, -0.2) is 4.39 Å². The molecule has 1 aromatic carbocycles. The van der Waals surface area contributed by atoms with Gasteiger partial charge in [-0.05, 0) is 34.1 Å². The molecule has 19 heavy (non-hydrogen) atoms. The van der Waals surface area contributed by atoms with E-state index in [1.54, 1.807) is 6.07 Å². The molecule has 0 saturated carbocycles. The number of hydrogen-bond donors (Lipinski definition) is 1. The Bertz CT molecular complexity index is 562. The monoisotopic (exact) mass is 330 g/mol. The number of aliphatic hydroxyl groups excluding tert-OH is 1. The molecule has 1 unspecified atom stereocenters. The fourth-order valence-electron chi connectivity index (χ4n) is 1.57. The second-order valence-electron chi connectivity index (χ2n) is 3.95. The van der Waals surface area contributed by atoms with Crippen LogP contribution in [0.25, 0.3) is 11.4 Å². The first-order valence-electron chi connectivity index (χ1n) is 5.55. The first-order chi connectivity index (χ1) is 9.10. The smallest absolute Gasteiger partial charge is 0.229 e. The lowest BCUT2D eigenvalue weighted by molar-refractivity contribution is 0.0599. The molecule has 0 spiro atoms. The van der Waals surface area contributed by atoms with Gasteiger partial charge in [0.25, 0.3) is 0 Å². The highest BCUT2D eigenvalue weighted by Gasteiger charge is 2.15. The quantitative estimate of drug-likeness (QED) is 0.910. The van der Waals surface area contributed by atoms with Gasteiger partial charge in [0.1, 0.15) is 5.82 Å². The Morgan fingerprint density at radius 3 is 3.00 bits per heavy atom. The number of rotatable bonds is 5. The van der Waals surface area contributed by atoms with E-state index in [0.717, 1.165) is 0 Å². The van der Waals surface area contributed by atoms with Crippen LogP contribution in [0.5, 0.6) is 0 Å². The predicted molar refractivity (Wildman–Crippen MR) is 69.0 cm³/mol. The van der Waals surface area contributed by atoms with Crippen molar-refractivity contribution in [1.29, 1.82) is 0 Å². The van der Waals surface area contributed by atoms with Crippen molar-refractivity contribution in [2.45, 2.75) is 12.5 Å². The zero-order valence-electron chi connectivity index (χ0n) is 10.1. The molecule has 102 valence electrons. The second kappa shape index (κ2) is 6.23. The van der Waals surface area contributed by atoms with Crippen molar-refractivity contribution in [3.05, 3.63) is 34.4 Å². The molecule has 0 fully saturated rings. The molecule has 0 bridgehead atoms. The minimum absolute atomic E-state index is 0.192. The SMILES string of the molecule is COCC(O)Cc1nc(-c2ccc(F)cc2Br)no1. The van der Waals surface area contributed by atoms with Gasteiger partial charge in [0.2, 0.25) is 11.7 Å². The van der Waals surface area contributed by atoms with E-state index < -0.39 is 6.10 Å². The van der Waals surface area contributed by atoms with Crippen molar-refractivity contribution in [3.8, 4) is 11.4 Å². The standard InChI is InChI=1S/C12H12BrFN2O3/c1-18-6-8(17)5-11-15-12(16-19-11)9-3-2-7(14)4-10(9)13/h2-4,8,17H,5-6H2,1H3. The molecule has 0 aliphatic carbocycles. The Kier molecular flexibility index (Phi) is 4.62. The third kappa shape index (κ3) is 3.59. The third-order valence-corrected chi connectivity index (χ3v) is 3.07. The van der Waals surface area contributed by atoms with Gasteiger partial charge in [-0.3, -0.25) is 0 Å². The summed E-state index contributed by atoms with van der Waals surface area (Å²) >= 11 is 3.24. The summed E-state index contributed by atoms with van der Waals surface area (Å²) in [5.74, 6) is 0.289. The highest BCUT2D eigenvalue weighted by Crippen LogP contribution is 2.26. The van der Waals surface area contributed by atoms with Crippen LogP contribution in [0.3, 0.4) is 0 Å². The molecule has 2 rings (SSSR count). The molecule has 0 radical (unpaired) electrons. The first kappa shape index (κ1) is 14.1. The van der Waals surface area contributed by atoms with Gasteiger partial charge in [0.15, 0.2) is 0 Å². The lowest BCUT2D eigenvalue weighted by Gasteiger charge is -2.04. The Morgan fingerprint density at radius 1 is 1.53 bits per heavy atom. The molecule has 0 aliphatic heterocycles. The minimum Gasteiger partial charge on any atom is -0.390 e. The summed E-state index contributed by atoms with van der Waals surface area (Å²) in [5, 5.41) is 13.4. The van der Waals surface area contributed by atoms with Crippen molar-refractivity contribution in [1.82, 2.24) is 10.1 Å². The van der Waals surface area contributed by atoms with Gasteiger partial charge in [0, 0.05) is 17.1 Å². The Hall–Kier alpha value is -1.31. The summed E-state index contributed by atoms with van der Waals surface area (Å²) in [6.45, 7) is 0.192. The minimum atomic E-state index is -0.699. The predicted octanol–water partition coefficient (Wildman–Crippen LogP) is 2.19. The van der Waals surface area contributed by atoms with Crippen LogP contribution >= 0.6 is 15.9 Å². The van der Waals surface area contributed by atoms with E-state index >= 15 is 0 Å². The maximum atomic E-state index is 13.0. The molecule has 1 atom stereocenters. The molecular formula is C12H12BrFN2O3. The van der Waals surface area contributed by atoms with Crippen LogP contribution in [0, 0.1) is 5.82 Å². The van der Waals surface area contributed by atoms with Crippen LogP contribution < -0.4 is 0 Å². The molecular weight excluding hydrogens is 319 g/mol. The lowest BCUT2D eigenvalue weighted by atomic mass is 10.2. The van der Waals surface area contributed by atoms with E-state index in [1.807, 2.05) is 0 Å². The van der Waals surface area contributed by atoms with Gasteiger partial charge < -0.3 is 14.4 Å². The van der Waals surface area contributed by atoms with E-state index in [-0.39, 0.29) is 18.8 Å². The topological polar surface area (TPSA) is 68.4 Å². The number of benzene rings is 1. The summed E-state index contributed by atoms with van der Waals surface area (Å²) < 4.78 is 23.4. The van der Waals surface area contributed by atoms with Crippen LogP contribution in [0.1, 0.15) is 5.89 Å². The molecule has 0 amide bonds. The summed E-state index contributed by atoms with van der Waals surface area (Å²) in [5.41, 5.74) is 0.623. The molecule has 1 aromatic heterocycles. The van der Waals surface area contributed by atoms with Gasteiger partial charge in [-0.15, -0.1) is 0 Å². The Labute approximate surface area is 117 Å². The van der Waals surface area contributed by atoms with Crippen molar-refractivity contribution < 1.29 is 18.8 Å². The van der Waals surface area contributed by atoms with E-state index in [9.17, 15) is 9.50 Å². The molecule has 5 nitrogen and oxygen atoms in total. The number of nitrogens with zero attached hydrogens (tertiary/aromatic N) is 2. The molecule has 0 saturated heterocycles. The van der Waals surface area contributed by atoms with Gasteiger partial charge >= 0.3 is 0 Å². The van der Waals surface area contributed by atoms with Crippen molar-refractivity contribution >= 4 is 15.9 Å². The normalized spacial score (nSPS) is 12.6. The van der Waals surface area contributed by atoms with Crippen LogP contribution in [0.4, 0.5) is 4.39 Å². The first-order valence-corrected chi connectivity index (χ1v) is 6.34. The van der Waals surface area contributed by atoms with Gasteiger partial charge in [-0.2, -0.15) is 4.98 Å². The zero-order valence-corrected chi connectivity index (χ0v) is 11.7. The average molecular weight is 331 g/mol. The van der Waals surface area contributed by atoms with E-state index in [1.165, 1.54) is 19.2 Å². The average Bonchev–Trinajstić information content (AvgIpc) is 2.77. The fourth-order valence-corrected chi connectivity index (χ4v) is 2.10. The van der Waals surface area contributed by atoms with Crippen LogP contribution in [0.15, 0.2) is 27.2 Å². The van der Waals surface area contributed by atoms with E-state index in [0.29, 0.717) is 21.8 Å².